The molecular formula is C12H8BrClF3N. The van der Waals surface area contributed by atoms with Gasteiger partial charge in [-0.3, -0.25) is 4.39 Å². The van der Waals surface area contributed by atoms with E-state index in [-0.39, 0.29) is 10.7 Å². The first-order valence-electron chi connectivity index (χ1n) is 5.12. The van der Waals surface area contributed by atoms with Gasteiger partial charge in [-0.05, 0) is 23.1 Å². The smallest absolute Gasteiger partial charge is 0.247 e. The largest absolute Gasteiger partial charge is 0.250 e. The highest BCUT2D eigenvalue weighted by molar-refractivity contribution is 9.10. The lowest BCUT2D eigenvalue weighted by atomic mass is 9.95. The van der Waals surface area contributed by atoms with Crippen LogP contribution in [-0.4, -0.2) is 18.1 Å². The van der Waals surface area contributed by atoms with Gasteiger partial charge in [-0.15, -0.1) is 0 Å². The molecule has 1 aromatic heterocycles. The first-order valence-corrected chi connectivity index (χ1v) is 6.29. The van der Waals surface area contributed by atoms with Crippen LogP contribution in [0.4, 0.5) is 13.2 Å². The van der Waals surface area contributed by atoms with Crippen molar-refractivity contribution in [1.29, 1.82) is 0 Å². The molecule has 0 saturated carbocycles. The molecule has 0 bridgehead atoms. The lowest BCUT2D eigenvalue weighted by Crippen LogP contribution is -2.12. The van der Waals surface area contributed by atoms with E-state index in [9.17, 15) is 13.2 Å². The van der Waals surface area contributed by atoms with Gasteiger partial charge in [0.25, 0.3) is 0 Å². The molecule has 0 amide bonds. The first kappa shape index (κ1) is 13.6. The monoisotopic (exact) mass is 337 g/mol. The van der Waals surface area contributed by atoms with Crippen LogP contribution in [0.2, 0.25) is 5.15 Å². The van der Waals surface area contributed by atoms with Crippen LogP contribution >= 0.6 is 27.5 Å². The highest BCUT2D eigenvalue weighted by Crippen LogP contribution is 2.34. The number of benzene rings is 1. The minimum Gasteiger partial charge on any atom is -0.250 e. The van der Waals surface area contributed by atoms with E-state index in [2.05, 4.69) is 20.9 Å². The van der Waals surface area contributed by atoms with Gasteiger partial charge in [-0.2, -0.15) is 0 Å². The van der Waals surface area contributed by atoms with Gasteiger partial charge in [0.15, 0.2) is 0 Å². The Labute approximate surface area is 115 Å². The summed E-state index contributed by atoms with van der Waals surface area (Å²) in [5.74, 6) is -1.45. The highest BCUT2D eigenvalue weighted by Gasteiger charge is 2.24. The van der Waals surface area contributed by atoms with Gasteiger partial charge in [0.05, 0.1) is 5.92 Å². The summed E-state index contributed by atoms with van der Waals surface area (Å²) in [5.41, 5.74) is 0.245. The topological polar surface area (TPSA) is 12.9 Å². The molecule has 0 radical (unpaired) electrons. The summed E-state index contributed by atoms with van der Waals surface area (Å²) in [6.07, 6.45) is -1.28. The van der Waals surface area contributed by atoms with E-state index in [1.807, 2.05) is 0 Å². The highest BCUT2D eigenvalue weighted by atomic mass is 79.9. The van der Waals surface area contributed by atoms with Gasteiger partial charge < -0.3 is 0 Å². The molecule has 0 saturated heterocycles. The minimum absolute atomic E-state index is 0.189. The van der Waals surface area contributed by atoms with Crippen molar-refractivity contribution < 1.29 is 13.2 Å². The summed E-state index contributed by atoms with van der Waals surface area (Å²) in [5, 5.41) is 1.32. The third-order valence-corrected chi connectivity index (χ3v) is 3.62. The van der Waals surface area contributed by atoms with Crippen molar-refractivity contribution in [2.24, 2.45) is 0 Å². The molecule has 0 spiro atoms. The van der Waals surface area contributed by atoms with Gasteiger partial charge in [0, 0.05) is 16.1 Å². The van der Waals surface area contributed by atoms with Crippen molar-refractivity contribution >= 4 is 38.3 Å². The van der Waals surface area contributed by atoms with Crippen LogP contribution in [-0.2, 0) is 0 Å². The van der Waals surface area contributed by atoms with E-state index in [4.69, 9.17) is 11.6 Å². The second-order valence-electron chi connectivity index (χ2n) is 3.78. The van der Waals surface area contributed by atoms with E-state index in [1.165, 1.54) is 18.3 Å². The van der Waals surface area contributed by atoms with E-state index in [0.29, 0.717) is 15.2 Å². The minimum atomic E-state index is -2.76. The molecule has 2 rings (SSSR count). The lowest BCUT2D eigenvalue weighted by Gasteiger charge is -2.16. The molecule has 0 aliphatic carbocycles. The Morgan fingerprint density at radius 2 is 2.00 bits per heavy atom. The number of rotatable bonds is 3. The molecule has 0 N–H and O–H groups in total. The molecule has 96 valence electrons. The third-order valence-electron chi connectivity index (χ3n) is 2.72. The van der Waals surface area contributed by atoms with Crippen LogP contribution in [0.15, 0.2) is 28.9 Å². The van der Waals surface area contributed by atoms with E-state index in [0.717, 1.165) is 0 Å². The number of hydrogen-bond acceptors (Lipinski definition) is 1. The maximum atomic E-state index is 12.8. The van der Waals surface area contributed by atoms with Crippen molar-refractivity contribution in [1.82, 2.24) is 4.98 Å². The van der Waals surface area contributed by atoms with Crippen LogP contribution in [0.5, 0.6) is 0 Å². The zero-order chi connectivity index (χ0) is 13.3. The Morgan fingerprint density at radius 1 is 1.28 bits per heavy atom. The van der Waals surface area contributed by atoms with E-state index in [1.54, 1.807) is 6.07 Å². The number of hydrogen-bond donors (Lipinski definition) is 0. The molecule has 1 nitrogen and oxygen atoms in total. The van der Waals surface area contributed by atoms with Crippen LogP contribution in [0.1, 0.15) is 11.5 Å². The molecule has 1 unspecified atom stereocenters. The van der Waals surface area contributed by atoms with Gasteiger partial charge in [-0.25, -0.2) is 13.8 Å². The van der Waals surface area contributed by atoms with Gasteiger partial charge in [0.2, 0.25) is 6.43 Å². The van der Waals surface area contributed by atoms with Crippen molar-refractivity contribution in [2.45, 2.75) is 12.3 Å². The molecule has 0 aliphatic rings. The van der Waals surface area contributed by atoms with Gasteiger partial charge in [-0.1, -0.05) is 33.6 Å². The second kappa shape index (κ2) is 5.45. The normalized spacial score (nSPS) is 13.2. The van der Waals surface area contributed by atoms with Crippen LogP contribution in [0.3, 0.4) is 0 Å². The standard InChI is InChI=1S/C12H8BrClF3N/c13-10-2-1-6(8(4-15)12(16)17)7-3-11(14)18-5-9(7)10/h1-3,5,8,12H,4H2. The molecule has 0 fully saturated rings. The second-order valence-corrected chi connectivity index (χ2v) is 5.03. The molecule has 2 aromatic rings. The molecule has 1 aromatic carbocycles. The fraction of sp³-hybridized carbons (Fsp3) is 0.250. The number of fused-ring (bicyclic) bond motifs is 1. The molecule has 6 heteroatoms. The Balaban J connectivity index is 2.71. The molecule has 1 heterocycles. The van der Waals surface area contributed by atoms with E-state index < -0.39 is 19.0 Å². The summed E-state index contributed by atoms with van der Waals surface area (Å²) in [7, 11) is 0. The van der Waals surface area contributed by atoms with Crippen LogP contribution in [0, 0.1) is 0 Å². The van der Waals surface area contributed by atoms with Crippen LogP contribution < -0.4 is 0 Å². The SMILES string of the molecule is FCC(c1ccc(Br)c2cnc(Cl)cc12)C(F)F. The maximum absolute atomic E-state index is 12.8. The molecular weight excluding hydrogens is 330 g/mol. The van der Waals surface area contributed by atoms with Crippen LogP contribution in [0.25, 0.3) is 10.8 Å². The lowest BCUT2D eigenvalue weighted by molar-refractivity contribution is 0.102. The summed E-state index contributed by atoms with van der Waals surface area (Å²) in [4.78, 5) is 3.89. The maximum Gasteiger partial charge on any atom is 0.247 e. The summed E-state index contributed by atoms with van der Waals surface area (Å²) >= 11 is 9.06. The van der Waals surface area contributed by atoms with Crippen molar-refractivity contribution in [3.8, 4) is 0 Å². The Bertz CT molecular complexity index is 576. The average molecular weight is 339 g/mol. The number of alkyl halides is 3. The first-order chi connectivity index (χ1) is 8.54. The van der Waals surface area contributed by atoms with Crippen molar-refractivity contribution in [3.63, 3.8) is 0 Å². The molecule has 1 atom stereocenters. The van der Waals surface area contributed by atoms with E-state index >= 15 is 0 Å². The van der Waals surface area contributed by atoms with Gasteiger partial charge >= 0.3 is 0 Å². The Kier molecular flexibility index (Phi) is 4.12. The number of pyridine rings is 1. The number of nitrogens with zero attached hydrogens (tertiary/aromatic N) is 1. The predicted octanol–water partition coefficient (Wildman–Crippen LogP) is 4.97. The zero-order valence-corrected chi connectivity index (χ0v) is 11.4. The summed E-state index contributed by atoms with van der Waals surface area (Å²) < 4.78 is 39.1. The third kappa shape index (κ3) is 2.47. The molecule has 18 heavy (non-hydrogen) atoms. The summed E-state index contributed by atoms with van der Waals surface area (Å²) in [6.45, 7) is -1.12. The fourth-order valence-corrected chi connectivity index (χ4v) is 2.42. The molecule has 0 aliphatic heterocycles. The quantitative estimate of drug-likeness (QED) is 0.720. The fourth-order valence-electron chi connectivity index (χ4n) is 1.81. The number of halogens is 5. The Morgan fingerprint density at radius 3 is 2.61 bits per heavy atom. The predicted molar refractivity (Wildman–Crippen MR) is 69.2 cm³/mol. The number of aromatic nitrogens is 1. The summed E-state index contributed by atoms with van der Waals surface area (Å²) in [6, 6.07) is 4.57. The van der Waals surface area contributed by atoms with Crippen molar-refractivity contribution in [2.75, 3.05) is 6.67 Å². The van der Waals surface area contributed by atoms with Gasteiger partial charge in [0.1, 0.15) is 11.8 Å². The van der Waals surface area contributed by atoms with Crippen molar-refractivity contribution in [3.05, 3.63) is 39.6 Å². The average Bonchev–Trinajstić information content (AvgIpc) is 2.32. The zero-order valence-electron chi connectivity index (χ0n) is 9.01. The Hall–Kier alpha value is -0.810.